The zero-order valence-electron chi connectivity index (χ0n) is 18.4. The maximum Gasteiger partial charge on any atom is 0.289 e. The van der Waals surface area contributed by atoms with E-state index in [1.54, 1.807) is 18.5 Å². The number of amides is 1. The van der Waals surface area contributed by atoms with Gasteiger partial charge in [0.15, 0.2) is 22.4 Å². The number of hydrogen-bond donors (Lipinski definition) is 0. The minimum atomic E-state index is -0.0957. The van der Waals surface area contributed by atoms with Crippen molar-refractivity contribution in [1.29, 1.82) is 0 Å². The largest absolute Gasteiger partial charge is 0.451 e. The first-order chi connectivity index (χ1) is 16.8. The van der Waals surface area contributed by atoms with Gasteiger partial charge < -0.3 is 13.7 Å². The van der Waals surface area contributed by atoms with Crippen molar-refractivity contribution in [3.63, 3.8) is 0 Å². The highest BCUT2D eigenvalue weighted by Crippen LogP contribution is 2.34. The summed E-state index contributed by atoms with van der Waals surface area (Å²) in [6.07, 6.45) is 5.26. The zero-order valence-corrected chi connectivity index (χ0v) is 19.2. The van der Waals surface area contributed by atoms with Gasteiger partial charge in [-0.3, -0.25) is 4.79 Å². The fourth-order valence-electron chi connectivity index (χ4n) is 4.48. The minimum Gasteiger partial charge on any atom is -0.451 e. The Kier molecular flexibility index (Phi) is 5.50. The summed E-state index contributed by atoms with van der Waals surface area (Å²) in [5, 5.41) is 1.61. The summed E-state index contributed by atoms with van der Waals surface area (Å²) in [6, 6.07) is 17.3. The summed E-state index contributed by atoms with van der Waals surface area (Å²) in [6.45, 7) is 1.23. The first-order valence-corrected chi connectivity index (χ1v) is 12.3. The van der Waals surface area contributed by atoms with Crippen LogP contribution in [0.1, 0.15) is 40.8 Å². The van der Waals surface area contributed by atoms with E-state index in [2.05, 4.69) is 15.0 Å². The monoisotopic (exact) mass is 470 g/mol. The molecule has 0 radical (unpaired) electrons. The van der Waals surface area contributed by atoms with E-state index < -0.39 is 0 Å². The molecule has 3 aromatic heterocycles. The van der Waals surface area contributed by atoms with Crippen LogP contribution in [-0.2, 0) is 5.75 Å². The van der Waals surface area contributed by atoms with Crippen LogP contribution >= 0.6 is 11.8 Å². The van der Waals surface area contributed by atoms with Gasteiger partial charge in [0.1, 0.15) is 11.1 Å². The highest BCUT2D eigenvalue weighted by atomic mass is 32.2. The molecule has 7 nitrogen and oxygen atoms in total. The van der Waals surface area contributed by atoms with E-state index in [0.29, 0.717) is 41.2 Å². The molecule has 1 fully saturated rings. The second kappa shape index (κ2) is 8.95. The third-order valence-corrected chi connectivity index (χ3v) is 7.05. The molecule has 1 aliphatic heterocycles. The highest BCUT2D eigenvalue weighted by Gasteiger charge is 2.32. The smallest absolute Gasteiger partial charge is 0.289 e. The fraction of sp³-hybridized carbons (Fsp3) is 0.231. The molecule has 4 heterocycles. The number of likely N-dealkylation sites (tertiary alicyclic amines) is 1. The van der Waals surface area contributed by atoms with Crippen LogP contribution in [0.5, 0.6) is 0 Å². The summed E-state index contributed by atoms with van der Waals surface area (Å²) in [5.74, 6) is 1.60. The third-order valence-electron chi connectivity index (χ3n) is 6.15. The quantitative estimate of drug-likeness (QED) is 0.241. The van der Waals surface area contributed by atoms with Crippen LogP contribution < -0.4 is 0 Å². The van der Waals surface area contributed by atoms with Crippen molar-refractivity contribution in [3.8, 4) is 0 Å². The lowest BCUT2D eigenvalue weighted by molar-refractivity contribution is 0.0668. The van der Waals surface area contributed by atoms with Crippen molar-refractivity contribution in [1.82, 2.24) is 19.9 Å². The molecule has 6 rings (SSSR count). The van der Waals surface area contributed by atoms with Crippen LogP contribution in [0.25, 0.3) is 22.1 Å². The van der Waals surface area contributed by atoms with Gasteiger partial charge in [-0.15, -0.1) is 0 Å². The Bertz CT molecular complexity index is 1430. The van der Waals surface area contributed by atoms with Crippen molar-refractivity contribution >= 4 is 39.7 Å². The lowest BCUT2D eigenvalue weighted by Crippen LogP contribution is -2.39. The Morgan fingerprint density at radius 3 is 2.65 bits per heavy atom. The van der Waals surface area contributed by atoms with Crippen LogP contribution in [0.15, 0.2) is 81.0 Å². The van der Waals surface area contributed by atoms with Gasteiger partial charge in [0.05, 0.1) is 5.92 Å². The standard InChI is InChI=1S/C26H22N4O3S/c31-25(30-14-5-7-17(15-30)24-29-20-9-2-4-11-22(20)33-24)23-19(16-34-26-27-12-6-13-28-26)18-8-1-3-10-21(18)32-23/h1-4,6,8-13,17H,5,7,14-16H2. The van der Waals surface area contributed by atoms with E-state index >= 15 is 0 Å². The topological polar surface area (TPSA) is 85.3 Å². The number of nitrogens with zero attached hydrogens (tertiary/aromatic N) is 4. The normalized spacial score (nSPS) is 16.4. The fourth-order valence-corrected chi connectivity index (χ4v) is 5.31. The number of furan rings is 1. The van der Waals surface area contributed by atoms with E-state index in [4.69, 9.17) is 8.83 Å². The molecular formula is C26H22N4O3S. The summed E-state index contributed by atoms with van der Waals surface area (Å²) in [7, 11) is 0. The number of fused-ring (bicyclic) bond motifs is 2. The molecule has 8 heteroatoms. The van der Waals surface area contributed by atoms with E-state index in [0.717, 1.165) is 34.9 Å². The average Bonchev–Trinajstić information content (AvgIpc) is 3.49. The maximum absolute atomic E-state index is 13.7. The molecule has 0 N–H and O–H groups in total. The number of oxazole rings is 1. The van der Waals surface area contributed by atoms with Crippen LogP contribution in [0.3, 0.4) is 0 Å². The van der Waals surface area contributed by atoms with Crippen molar-refractivity contribution in [2.24, 2.45) is 0 Å². The number of aromatic nitrogens is 3. The molecule has 2 aromatic carbocycles. The molecule has 1 amide bonds. The Labute approximate surface area is 200 Å². The molecule has 5 aromatic rings. The molecule has 1 atom stereocenters. The minimum absolute atomic E-state index is 0.0602. The molecule has 0 bridgehead atoms. The molecule has 1 aliphatic rings. The summed E-state index contributed by atoms with van der Waals surface area (Å²) in [4.78, 5) is 28.8. The average molecular weight is 471 g/mol. The summed E-state index contributed by atoms with van der Waals surface area (Å²) < 4.78 is 12.1. The molecule has 0 aliphatic carbocycles. The van der Waals surface area contributed by atoms with Crippen LogP contribution in [0.2, 0.25) is 0 Å². The van der Waals surface area contributed by atoms with Crippen molar-refractivity contribution in [2.45, 2.75) is 29.7 Å². The Morgan fingerprint density at radius 1 is 1.00 bits per heavy atom. The van der Waals surface area contributed by atoms with Gasteiger partial charge >= 0.3 is 0 Å². The molecule has 34 heavy (non-hydrogen) atoms. The van der Waals surface area contributed by atoms with Gasteiger partial charge in [-0.25, -0.2) is 15.0 Å². The predicted octanol–water partition coefficient (Wildman–Crippen LogP) is 5.68. The Morgan fingerprint density at radius 2 is 1.79 bits per heavy atom. The van der Waals surface area contributed by atoms with Gasteiger partial charge in [0, 0.05) is 42.2 Å². The lowest BCUT2D eigenvalue weighted by Gasteiger charge is -2.30. The summed E-state index contributed by atoms with van der Waals surface area (Å²) in [5.41, 5.74) is 3.21. The Balaban J connectivity index is 1.28. The van der Waals surface area contributed by atoms with E-state index in [1.165, 1.54) is 11.8 Å². The number of para-hydroxylation sites is 3. The van der Waals surface area contributed by atoms with Gasteiger partial charge in [-0.05, 0) is 37.1 Å². The SMILES string of the molecule is O=C(c1oc2ccccc2c1CSc1ncccn1)N1CCCC(c2nc3ccccc3o2)C1. The second-order valence-electron chi connectivity index (χ2n) is 8.34. The first-order valence-electron chi connectivity index (χ1n) is 11.3. The first kappa shape index (κ1) is 20.9. The molecular weight excluding hydrogens is 448 g/mol. The maximum atomic E-state index is 13.7. The highest BCUT2D eigenvalue weighted by molar-refractivity contribution is 7.98. The molecule has 170 valence electrons. The number of hydrogen-bond acceptors (Lipinski definition) is 7. The van der Waals surface area contributed by atoms with Crippen LogP contribution in [-0.4, -0.2) is 38.8 Å². The van der Waals surface area contributed by atoms with Crippen LogP contribution in [0.4, 0.5) is 0 Å². The second-order valence-corrected chi connectivity index (χ2v) is 9.28. The Hall–Kier alpha value is -3.65. The predicted molar refractivity (Wildman–Crippen MR) is 130 cm³/mol. The number of carbonyl (C=O) groups is 1. The van der Waals surface area contributed by atoms with Crippen molar-refractivity contribution in [3.05, 3.63) is 84.2 Å². The third kappa shape index (κ3) is 3.94. The van der Waals surface area contributed by atoms with Crippen LogP contribution in [0, 0.1) is 0 Å². The number of carbonyl (C=O) groups excluding carboxylic acids is 1. The van der Waals surface area contributed by atoms with Gasteiger partial charge in [-0.1, -0.05) is 42.1 Å². The van der Waals surface area contributed by atoms with Gasteiger partial charge in [0.25, 0.3) is 5.91 Å². The molecule has 0 saturated carbocycles. The van der Waals surface area contributed by atoms with Gasteiger partial charge in [-0.2, -0.15) is 0 Å². The number of piperidine rings is 1. The van der Waals surface area contributed by atoms with E-state index in [1.807, 2.05) is 53.4 Å². The number of rotatable bonds is 5. The van der Waals surface area contributed by atoms with Crippen molar-refractivity contribution < 1.29 is 13.6 Å². The lowest BCUT2D eigenvalue weighted by atomic mass is 9.97. The van der Waals surface area contributed by atoms with Crippen molar-refractivity contribution in [2.75, 3.05) is 13.1 Å². The molecule has 0 spiro atoms. The molecule has 1 saturated heterocycles. The van der Waals surface area contributed by atoms with E-state index in [-0.39, 0.29) is 11.8 Å². The number of thioether (sulfide) groups is 1. The summed E-state index contributed by atoms with van der Waals surface area (Å²) >= 11 is 1.49. The van der Waals surface area contributed by atoms with E-state index in [9.17, 15) is 4.79 Å². The number of benzene rings is 2. The molecule has 1 unspecified atom stereocenters. The zero-order chi connectivity index (χ0) is 22.9. The van der Waals surface area contributed by atoms with Gasteiger partial charge in [0.2, 0.25) is 0 Å².